The van der Waals surface area contributed by atoms with E-state index < -0.39 is 10.1 Å². The molecular formula is C16H26O5S. The Hall–Kier alpha value is -0.950. The average molecular weight is 330 g/mol. The molecule has 1 N–H and O–H groups in total. The third kappa shape index (κ3) is 5.05. The Morgan fingerprint density at radius 1 is 1.27 bits per heavy atom. The molecule has 0 spiro atoms. The van der Waals surface area contributed by atoms with Gasteiger partial charge in [0.15, 0.2) is 0 Å². The molecule has 1 saturated heterocycles. The first-order valence-electron chi connectivity index (χ1n) is 7.65. The maximum atomic E-state index is 12.1. The minimum atomic E-state index is -3.75. The summed E-state index contributed by atoms with van der Waals surface area (Å²) >= 11 is 0. The minimum Gasteiger partial charge on any atom is -0.394 e. The number of benzene rings is 1. The molecule has 1 fully saturated rings. The fraction of sp³-hybridized carbons (Fsp3) is 0.625. The van der Waals surface area contributed by atoms with Gasteiger partial charge < -0.3 is 9.84 Å². The number of rotatable bonds is 5. The molecule has 0 aliphatic carbocycles. The first-order chi connectivity index (χ1) is 10.4. The Labute approximate surface area is 133 Å². The standard InChI is InChI=1S/C14H20O5S.C2H6/c1-10-3-5-13(6-4-10)20(16,17)18-9-12-7-11(2)19-14(12)8-15;1-2/h3-6,11-12,14-15H,7-9H2,1-2H3;1-2H3. The van der Waals surface area contributed by atoms with Gasteiger partial charge in [-0.3, -0.25) is 4.18 Å². The second-order valence-electron chi connectivity index (χ2n) is 5.22. The summed E-state index contributed by atoms with van der Waals surface area (Å²) < 4.78 is 34.7. The van der Waals surface area contributed by atoms with Crippen LogP contribution < -0.4 is 0 Å². The smallest absolute Gasteiger partial charge is 0.296 e. The van der Waals surface area contributed by atoms with Crippen LogP contribution in [0, 0.1) is 12.8 Å². The van der Waals surface area contributed by atoms with E-state index in [0.717, 1.165) is 5.56 Å². The maximum absolute atomic E-state index is 12.1. The molecule has 1 heterocycles. The largest absolute Gasteiger partial charge is 0.394 e. The van der Waals surface area contributed by atoms with Gasteiger partial charge in [-0.1, -0.05) is 31.5 Å². The summed E-state index contributed by atoms with van der Waals surface area (Å²) in [5, 5.41) is 9.20. The van der Waals surface area contributed by atoms with Crippen LogP contribution in [0.15, 0.2) is 29.2 Å². The zero-order valence-electron chi connectivity index (χ0n) is 13.7. The number of ether oxygens (including phenoxy) is 1. The van der Waals surface area contributed by atoms with Crippen molar-refractivity contribution in [3.8, 4) is 0 Å². The Bertz CT molecular complexity index is 538. The monoisotopic (exact) mass is 330 g/mol. The van der Waals surface area contributed by atoms with E-state index in [0.29, 0.717) is 6.42 Å². The lowest BCUT2D eigenvalue weighted by atomic mass is 10.0. The molecule has 0 amide bonds. The van der Waals surface area contributed by atoms with Gasteiger partial charge in [-0.2, -0.15) is 8.42 Å². The fourth-order valence-electron chi connectivity index (χ4n) is 2.36. The Morgan fingerprint density at radius 2 is 1.86 bits per heavy atom. The highest BCUT2D eigenvalue weighted by molar-refractivity contribution is 7.86. The van der Waals surface area contributed by atoms with Crippen LogP contribution in [0.4, 0.5) is 0 Å². The lowest BCUT2D eigenvalue weighted by Gasteiger charge is -2.15. The van der Waals surface area contributed by atoms with Crippen LogP contribution in [0.1, 0.15) is 32.8 Å². The molecular weight excluding hydrogens is 304 g/mol. The number of aliphatic hydroxyl groups excluding tert-OH is 1. The number of hydrogen-bond donors (Lipinski definition) is 1. The zero-order chi connectivity index (χ0) is 16.8. The van der Waals surface area contributed by atoms with Crippen LogP contribution >= 0.6 is 0 Å². The Morgan fingerprint density at radius 3 is 2.41 bits per heavy atom. The number of aliphatic hydroxyl groups is 1. The van der Waals surface area contributed by atoms with Gasteiger partial charge in [0.05, 0.1) is 30.3 Å². The van der Waals surface area contributed by atoms with E-state index >= 15 is 0 Å². The molecule has 3 unspecified atom stereocenters. The molecule has 6 heteroatoms. The molecule has 1 aromatic rings. The van der Waals surface area contributed by atoms with Gasteiger partial charge in [-0.05, 0) is 32.4 Å². The van der Waals surface area contributed by atoms with Gasteiger partial charge in [0, 0.05) is 5.92 Å². The third-order valence-corrected chi connectivity index (χ3v) is 4.79. The van der Waals surface area contributed by atoms with Crippen LogP contribution in [0.25, 0.3) is 0 Å². The molecule has 22 heavy (non-hydrogen) atoms. The molecule has 3 atom stereocenters. The lowest BCUT2D eigenvalue weighted by molar-refractivity contribution is 0.000957. The summed E-state index contributed by atoms with van der Waals surface area (Å²) in [5.74, 6) is -0.102. The van der Waals surface area contributed by atoms with Crippen molar-refractivity contribution in [2.75, 3.05) is 13.2 Å². The van der Waals surface area contributed by atoms with Crippen LogP contribution in [-0.2, 0) is 19.0 Å². The van der Waals surface area contributed by atoms with E-state index in [1.54, 1.807) is 12.1 Å². The highest BCUT2D eigenvalue weighted by atomic mass is 32.2. The van der Waals surface area contributed by atoms with E-state index in [9.17, 15) is 13.5 Å². The predicted molar refractivity (Wildman–Crippen MR) is 85.2 cm³/mol. The van der Waals surface area contributed by atoms with Gasteiger partial charge in [0.2, 0.25) is 0 Å². The zero-order valence-corrected chi connectivity index (χ0v) is 14.5. The average Bonchev–Trinajstić information content (AvgIpc) is 2.88. The highest BCUT2D eigenvalue weighted by Crippen LogP contribution is 2.27. The molecule has 1 aliphatic heterocycles. The number of hydrogen-bond acceptors (Lipinski definition) is 5. The second-order valence-corrected chi connectivity index (χ2v) is 6.83. The van der Waals surface area contributed by atoms with E-state index in [2.05, 4.69) is 0 Å². The van der Waals surface area contributed by atoms with Gasteiger partial charge >= 0.3 is 0 Å². The van der Waals surface area contributed by atoms with Crippen molar-refractivity contribution in [1.29, 1.82) is 0 Å². The van der Waals surface area contributed by atoms with E-state index in [1.807, 2.05) is 27.7 Å². The van der Waals surface area contributed by atoms with Crippen molar-refractivity contribution in [3.63, 3.8) is 0 Å². The van der Waals surface area contributed by atoms with E-state index in [1.165, 1.54) is 12.1 Å². The van der Waals surface area contributed by atoms with Crippen LogP contribution in [0.2, 0.25) is 0 Å². The third-order valence-electron chi connectivity index (χ3n) is 3.49. The molecule has 0 aromatic heterocycles. The van der Waals surface area contributed by atoms with Gasteiger partial charge in [-0.15, -0.1) is 0 Å². The summed E-state index contributed by atoms with van der Waals surface area (Å²) in [6.07, 6.45) is 0.357. The maximum Gasteiger partial charge on any atom is 0.296 e. The van der Waals surface area contributed by atoms with Gasteiger partial charge in [0.25, 0.3) is 10.1 Å². The van der Waals surface area contributed by atoms with Crippen molar-refractivity contribution >= 4 is 10.1 Å². The molecule has 0 radical (unpaired) electrons. The molecule has 0 saturated carbocycles. The highest BCUT2D eigenvalue weighted by Gasteiger charge is 2.33. The summed E-state index contributed by atoms with van der Waals surface area (Å²) in [6, 6.07) is 6.52. The molecule has 1 aromatic carbocycles. The van der Waals surface area contributed by atoms with E-state index in [4.69, 9.17) is 8.92 Å². The van der Waals surface area contributed by atoms with Crippen LogP contribution in [-0.4, -0.2) is 38.9 Å². The Balaban J connectivity index is 0.00000116. The first kappa shape index (κ1) is 19.1. The van der Waals surface area contributed by atoms with E-state index in [-0.39, 0.29) is 36.2 Å². The van der Waals surface area contributed by atoms with Gasteiger partial charge in [0.1, 0.15) is 0 Å². The SMILES string of the molecule is CC.Cc1ccc(S(=O)(=O)OCC2CC(C)OC2CO)cc1. The molecule has 126 valence electrons. The van der Waals surface area contributed by atoms with Crippen LogP contribution in [0.3, 0.4) is 0 Å². The molecule has 0 bridgehead atoms. The summed E-state index contributed by atoms with van der Waals surface area (Å²) in [7, 11) is -3.75. The van der Waals surface area contributed by atoms with Crippen molar-refractivity contribution in [3.05, 3.63) is 29.8 Å². The van der Waals surface area contributed by atoms with Crippen LogP contribution in [0.5, 0.6) is 0 Å². The first-order valence-corrected chi connectivity index (χ1v) is 9.05. The molecule has 5 nitrogen and oxygen atoms in total. The summed E-state index contributed by atoms with van der Waals surface area (Å²) in [5.41, 5.74) is 0.988. The second kappa shape index (κ2) is 8.62. The summed E-state index contributed by atoms with van der Waals surface area (Å²) in [6.45, 7) is 7.70. The fourth-order valence-corrected chi connectivity index (χ4v) is 3.32. The van der Waals surface area contributed by atoms with Crippen molar-refractivity contribution in [1.82, 2.24) is 0 Å². The predicted octanol–water partition coefficient (Wildman–Crippen LogP) is 2.51. The van der Waals surface area contributed by atoms with Crippen molar-refractivity contribution in [2.45, 2.75) is 51.2 Å². The van der Waals surface area contributed by atoms with Gasteiger partial charge in [-0.25, -0.2) is 0 Å². The summed E-state index contributed by atoms with van der Waals surface area (Å²) in [4.78, 5) is 0.149. The Kier molecular flexibility index (Phi) is 7.48. The molecule has 1 aliphatic rings. The normalized spacial score (nSPS) is 24.7. The van der Waals surface area contributed by atoms with Crippen molar-refractivity contribution in [2.24, 2.45) is 5.92 Å². The number of aryl methyl sites for hydroxylation is 1. The topological polar surface area (TPSA) is 72.8 Å². The lowest BCUT2D eigenvalue weighted by Crippen LogP contribution is -2.25. The van der Waals surface area contributed by atoms with Crippen molar-refractivity contribution < 1.29 is 22.4 Å². The quantitative estimate of drug-likeness (QED) is 0.840. The molecule has 2 rings (SSSR count). The minimum absolute atomic E-state index is 0.0165.